The molecule has 11 aromatic rings. The fourth-order valence-corrected chi connectivity index (χ4v) is 8.66. The van der Waals surface area contributed by atoms with Gasteiger partial charge in [-0.25, -0.2) is 4.98 Å². The number of nitriles is 1. The Balaban J connectivity index is 1.12. The van der Waals surface area contributed by atoms with E-state index >= 15 is 0 Å². The maximum absolute atomic E-state index is 9.61. The van der Waals surface area contributed by atoms with Crippen molar-refractivity contribution in [3.63, 3.8) is 0 Å². The number of para-hydroxylation sites is 1. The van der Waals surface area contributed by atoms with Crippen LogP contribution in [0.2, 0.25) is 0 Å². The number of nitrogens with zero attached hydrogens (tertiary/aromatic N) is 3. The third-order valence-corrected chi connectivity index (χ3v) is 11.4. The van der Waals surface area contributed by atoms with Crippen molar-refractivity contribution in [1.29, 1.82) is 5.26 Å². The average Bonchev–Trinajstić information content (AvgIpc) is 3.67. The van der Waals surface area contributed by atoms with Crippen LogP contribution in [0.3, 0.4) is 0 Å². The molecule has 1 aromatic heterocycles. The van der Waals surface area contributed by atoms with E-state index in [1.807, 2.05) is 36.4 Å². The number of hydrogen-bond donors (Lipinski definition) is 0. The standard InChI is InChI=1S/C54H33N3/c55-34-35-18-29-51-50(30-35)56-54(57(51)45-14-2-1-3-15-45)39-23-19-38(20-24-39)42-27-28-48-49(33-42)53(44-26-22-37-11-5-7-13-41(37)32-44)47-17-9-8-16-46(47)52(48)43-25-21-36-10-4-6-12-40(36)31-43/h1-33H. The molecule has 0 N–H and O–H groups in total. The van der Waals surface area contributed by atoms with Crippen LogP contribution in [0.25, 0.3) is 105 Å². The van der Waals surface area contributed by atoms with E-state index in [1.54, 1.807) is 0 Å². The van der Waals surface area contributed by atoms with Crippen LogP contribution in [-0.4, -0.2) is 9.55 Å². The van der Waals surface area contributed by atoms with Crippen LogP contribution in [0.15, 0.2) is 200 Å². The van der Waals surface area contributed by atoms with Gasteiger partial charge in [-0.15, -0.1) is 0 Å². The van der Waals surface area contributed by atoms with Crippen LogP contribution in [0.5, 0.6) is 0 Å². The van der Waals surface area contributed by atoms with Gasteiger partial charge < -0.3 is 0 Å². The Morgan fingerprint density at radius 2 is 0.912 bits per heavy atom. The van der Waals surface area contributed by atoms with E-state index < -0.39 is 0 Å². The van der Waals surface area contributed by atoms with E-state index in [2.05, 4.69) is 174 Å². The molecular formula is C54H33N3. The maximum atomic E-state index is 9.61. The second kappa shape index (κ2) is 13.2. The number of hydrogen-bond acceptors (Lipinski definition) is 2. The lowest BCUT2D eigenvalue weighted by Gasteiger charge is -2.19. The minimum Gasteiger partial charge on any atom is -0.292 e. The molecule has 0 amide bonds. The van der Waals surface area contributed by atoms with E-state index in [1.165, 1.54) is 65.3 Å². The van der Waals surface area contributed by atoms with Gasteiger partial charge in [-0.2, -0.15) is 5.26 Å². The molecule has 10 aromatic carbocycles. The summed E-state index contributed by atoms with van der Waals surface area (Å²) >= 11 is 0. The Morgan fingerprint density at radius 3 is 1.56 bits per heavy atom. The molecule has 0 saturated heterocycles. The van der Waals surface area contributed by atoms with Crippen LogP contribution >= 0.6 is 0 Å². The van der Waals surface area contributed by atoms with E-state index in [0.29, 0.717) is 5.56 Å². The summed E-state index contributed by atoms with van der Waals surface area (Å²) < 4.78 is 2.18. The monoisotopic (exact) mass is 723 g/mol. The SMILES string of the molecule is N#Cc1ccc2c(c1)nc(-c1ccc(-c3ccc4c(-c5ccc6ccccc6c5)c5ccccc5c(-c5ccc6ccccc6c5)c4c3)cc1)n2-c1ccccc1. The predicted octanol–water partition coefficient (Wildman–Crippen LogP) is 14.2. The largest absolute Gasteiger partial charge is 0.292 e. The van der Waals surface area contributed by atoms with Crippen molar-refractivity contribution < 1.29 is 0 Å². The van der Waals surface area contributed by atoms with Gasteiger partial charge in [0, 0.05) is 11.3 Å². The smallest absolute Gasteiger partial charge is 0.145 e. The Hall–Kier alpha value is -7.80. The van der Waals surface area contributed by atoms with E-state index in [4.69, 9.17) is 4.98 Å². The Bertz CT molecular complexity index is 3400. The molecule has 0 aliphatic carbocycles. The normalized spacial score (nSPS) is 11.5. The molecule has 57 heavy (non-hydrogen) atoms. The highest BCUT2D eigenvalue weighted by Crippen LogP contribution is 2.46. The molecule has 0 aliphatic heterocycles. The lowest BCUT2D eigenvalue weighted by Crippen LogP contribution is -1.97. The third kappa shape index (κ3) is 5.47. The summed E-state index contributed by atoms with van der Waals surface area (Å²) in [5.74, 6) is 0.835. The van der Waals surface area contributed by atoms with Crippen molar-refractivity contribution in [3.05, 3.63) is 206 Å². The van der Waals surface area contributed by atoms with Crippen LogP contribution in [0, 0.1) is 11.3 Å². The first-order valence-corrected chi connectivity index (χ1v) is 19.3. The summed E-state index contributed by atoms with van der Waals surface area (Å²) in [5, 5.41) is 19.4. The van der Waals surface area contributed by atoms with Crippen LogP contribution in [-0.2, 0) is 0 Å². The molecule has 0 fully saturated rings. The Labute approximate surface area is 330 Å². The number of aromatic nitrogens is 2. The van der Waals surface area contributed by atoms with Gasteiger partial charge in [0.05, 0.1) is 22.7 Å². The number of benzene rings is 10. The topological polar surface area (TPSA) is 41.6 Å². The molecule has 0 saturated carbocycles. The Kier molecular flexibility index (Phi) is 7.55. The molecule has 0 radical (unpaired) electrons. The van der Waals surface area contributed by atoms with Gasteiger partial charge in [-0.05, 0) is 125 Å². The minimum atomic E-state index is 0.595. The van der Waals surface area contributed by atoms with Crippen molar-refractivity contribution >= 4 is 54.1 Å². The molecule has 0 bridgehead atoms. The van der Waals surface area contributed by atoms with Crippen molar-refractivity contribution in [1.82, 2.24) is 9.55 Å². The van der Waals surface area contributed by atoms with Gasteiger partial charge in [0.25, 0.3) is 0 Å². The zero-order valence-electron chi connectivity index (χ0n) is 30.9. The summed E-state index contributed by atoms with van der Waals surface area (Å²) in [6.45, 7) is 0. The van der Waals surface area contributed by atoms with Gasteiger partial charge in [-0.1, -0.05) is 152 Å². The van der Waals surface area contributed by atoms with Gasteiger partial charge in [0.1, 0.15) is 5.82 Å². The lowest BCUT2D eigenvalue weighted by atomic mass is 9.84. The van der Waals surface area contributed by atoms with Crippen LogP contribution in [0.1, 0.15) is 5.56 Å². The lowest BCUT2D eigenvalue weighted by molar-refractivity contribution is 1.10. The molecule has 1 heterocycles. The van der Waals surface area contributed by atoms with Crippen molar-refractivity contribution in [2.75, 3.05) is 0 Å². The number of rotatable bonds is 5. The molecule has 0 aliphatic rings. The van der Waals surface area contributed by atoms with Gasteiger partial charge in [0.2, 0.25) is 0 Å². The molecule has 3 nitrogen and oxygen atoms in total. The third-order valence-electron chi connectivity index (χ3n) is 11.4. The molecular weight excluding hydrogens is 691 g/mol. The first kappa shape index (κ1) is 32.6. The summed E-state index contributed by atoms with van der Waals surface area (Å²) in [6.07, 6.45) is 0. The van der Waals surface area contributed by atoms with Crippen LogP contribution in [0.4, 0.5) is 0 Å². The van der Waals surface area contributed by atoms with Crippen molar-refractivity contribution in [3.8, 4) is 56.5 Å². The first-order chi connectivity index (χ1) is 28.2. The first-order valence-electron chi connectivity index (χ1n) is 19.3. The second-order valence-corrected chi connectivity index (χ2v) is 14.7. The van der Waals surface area contributed by atoms with Crippen molar-refractivity contribution in [2.45, 2.75) is 0 Å². The highest BCUT2D eigenvalue weighted by Gasteiger charge is 2.19. The van der Waals surface area contributed by atoms with E-state index in [9.17, 15) is 5.26 Å². The minimum absolute atomic E-state index is 0.595. The summed E-state index contributed by atoms with van der Waals surface area (Å²) in [7, 11) is 0. The maximum Gasteiger partial charge on any atom is 0.145 e. The number of imidazole rings is 1. The molecule has 0 atom stereocenters. The zero-order chi connectivity index (χ0) is 37.9. The quantitative estimate of drug-likeness (QED) is 0.166. The van der Waals surface area contributed by atoms with E-state index in [-0.39, 0.29) is 0 Å². The Morgan fingerprint density at radius 1 is 0.386 bits per heavy atom. The molecule has 0 spiro atoms. The zero-order valence-corrected chi connectivity index (χ0v) is 30.9. The predicted molar refractivity (Wildman–Crippen MR) is 238 cm³/mol. The number of fused-ring (bicyclic) bond motifs is 5. The van der Waals surface area contributed by atoms with Gasteiger partial charge in [-0.3, -0.25) is 4.57 Å². The second-order valence-electron chi connectivity index (χ2n) is 14.7. The average molecular weight is 724 g/mol. The highest BCUT2D eigenvalue weighted by molar-refractivity contribution is 6.22. The van der Waals surface area contributed by atoms with Crippen molar-refractivity contribution in [2.24, 2.45) is 0 Å². The molecule has 3 heteroatoms. The fraction of sp³-hybridized carbons (Fsp3) is 0. The molecule has 11 rings (SSSR count). The highest BCUT2D eigenvalue weighted by atomic mass is 15.1. The molecule has 0 unspecified atom stereocenters. The summed E-state index contributed by atoms with van der Waals surface area (Å²) in [6, 6.07) is 73.8. The summed E-state index contributed by atoms with van der Waals surface area (Å²) in [4.78, 5) is 5.08. The van der Waals surface area contributed by atoms with E-state index in [0.717, 1.165) is 39.2 Å². The van der Waals surface area contributed by atoms with Gasteiger partial charge >= 0.3 is 0 Å². The van der Waals surface area contributed by atoms with Crippen LogP contribution < -0.4 is 0 Å². The fourth-order valence-electron chi connectivity index (χ4n) is 8.66. The molecule has 264 valence electrons. The van der Waals surface area contributed by atoms with Gasteiger partial charge in [0.15, 0.2) is 0 Å². The summed E-state index contributed by atoms with van der Waals surface area (Å²) in [5.41, 5.74) is 11.5.